The molecule has 0 saturated heterocycles. The highest BCUT2D eigenvalue weighted by Gasteiger charge is 2.38. The van der Waals surface area contributed by atoms with Crippen LogP contribution in [0.5, 0.6) is 0 Å². The predicted molar refractivity (Wildman–Crippen MR) is 237 cm³/mol. The molecule has 0 fully saturated rings. The fraction of sp³-hybridized carbons (Fsp3) is 0.245. The second-order valence-corrected chi connectivity index (χ2v) is 18.5. The lowest BCUT2D eigenvalue weighted by atomic mass is 9.81. The van der Waals surface area contributed by atoms with Crippen molar-refractivity contribution in [2.45, 2.75) is 85.5 Å². The molecule has 0 unspecified atom stereocenters. The standard InChI is InChI=1S/C53H52N2/c1-33-20-23-38(28-34(33)2)54(37-16-12-11-13-17-37)49-32-46-50(41-19-15-14-18-40(41)49)42-25-24-39(31-45(42)53(46,9)10)55-47-26-21-35(51(3,4)5)29-43(47)44-30-36(52(6,7)8)22-27-48(44)55/h11-32H,1-10H3. The van der Waals surface area contributed by atoms with Crippen molar-refractivity contribution < 1.29 is 0 Å². The molecule has 1 aliphatic carbocycles. The third-order valence-corrected chi connectivity index (χ3v) is 12.4. The molecular weight excluding hydrogens is 665 g/mol. The molecule has 9 rings (SSSR count). The highest BCUT2D eigenvalue weighted by molar-refractivity contribution is 6.12. The maximum atomic E-state index is 2.50. The zero-order valence-electron chi connectivity index (χ0n) is 34.1. The highest BCUT2D eigenvalue weighted by atomic mass is 15.1. The third-order valence-electron chi connectivity index (χ3n) is 12.4. The Balaban J connectivity index is 1.27. The fourth-order valence-corrected chi connectivity index (χ4v) is 8.98. The van der Waals surface area contributed by atoms with E-state index in [0.717, 1.165) is 5.69 Å². The van der Waals surface area contributed by atoms with Crippen molar-refractivity contribution in [3.05, 3.63) is 167 Å². The van der Waals surface area contributed by atoms with Gasteiger partial charge in [-0.25, -0.2) is 0 Å². The number of hydrogen-bond acceptors (Lipinski definition) is 1. The van der Waals surface area contributed by atoms with E-state index >= 15 is 0 Å². The average molecular weight is 717 g/mol. The van der Waals surface area contributed by atoms with Crippen LogP contribution in [0.3, 0.4) is 0 Å². The van der Waals surface area contributed by atoms with Crippen LogP contribution in [-0.4, -0.2) is 4.57 Å². The Hall–Kier alpha value is -5.60. The van der Waals surface area contributed by atoms with Crippen LogP contribution in [0, 0.1) is 13.8 Å². The summed E-state index contributed by atoms with van der Waals surface area (Å²) in [4.78, 5) is 2.45. The number of aromatic nitrogens is 1. The predicted octanol–water partition coefficient (Wildman–Crippen LogP) is 14.9. The van der Waals surface area contributed by atoms with Crippen LogP contribution in [0.1, 0.15) is 88.8 Å². The molecule has 0 spiro atoms. The first-order valence-corrected chi connectivity index (χ1v) is 19.9. The van der Waals surface area contributed by atoms with Crippen molar-refractivity contribution in [3.8, 4) is 16.8 Å². The van der Waals surface area contributed by atoms with Gasteiger partial charge >= 0.3 is 0 Å². The number of anilines is 3. The Labute approximate surface area is 327 Å². The molecule has 2 nitrogen and oxygen atoms in total. The Morgan fingerprint density at radius 1 is 0.491 bits per heavy atom. The van der Waals surface area contributed by atoms with E-state index in [1.54, 1.807) is 0 Å². The molecule has 0 bridgehead atoms. The lowest BCUT2D eigenvalue weighted by Crippen LogP contribution is -2.17. The van der Waals surface area contributed by atoms with Gasteiger partial charge in [0.25, 0.3) is 0 Å². The quantitative estimate of drug-likeness (QED) is 0.176. The molecule has 7 aromatic carbocycles. The van der Waals surface area contributed by atoms with Gasteiger partial charge in [0.2, 0.25) is 0 Å². The summed E-state index contributed by atoms with van der Waals surface area (Å²) < 4.78 is 2.50. The van der Waals surface area contributed by atoms with E-state index in [9.17, 15) is 0 Å². The maximum Gasteiger partial charge on any atom is 0.0543 e. The molecule has 0 saturated carbocycles. The molecule has 0 aliphatic heterocycles. The van der Waals surface area contributed by atoms with E-state index in [4.69, 9.17) is 0 Å². The second kappa shape index (κ2) is 12.2. The first kappa shape index (κ1) is 35.1. The number of rotatable bonds is 4. The SMILES string of the molecule is Cc1ccc(N(c2ccccc2)c2cc3c(c4ccccc24)-c2ccc(-n4c5ccc(C(C)(C)C)cc5c5cc(C(C)(C)C)ccc54)cc2C3(C)C)cc1C. The molecule has 8 aromatic rings. The van der Waals surface area contributed by atoms with Crippen LogP contribution in [0.4, 0.5) is 17.1 Å². The molecule has 0 atom stereocenters. The van der Waals surface area contributed by atoms with Crippen molar-refractivity contribution in [1.29, 1.82) is 0 Å². The number of benzene rings is 7. The Morgan fingerprint density at radius 3 is 1.69 bits per heavy atom. The van der Waals surface area contributed by atoms with Crippen LogP contribution in [-0.2, 0) is 16.2 Å². The molecule has 55 heavy (non-hydrogen) atoms. The summed E-state index contributed by atoms with van der Waals surface area (Å²) in [6.45, 7) is 23.1. The van der Waals surface area contributed by atoms with Gasteiger partial charge in [-0.05, 0) is 141 Å². The Bertz CT molecular complexity index is 2750. The van der Waals surface area contributed by atoms with Gasteiger partial charge in [-0.15, -0.1) is 0 Å². The van der Waals surface area contributed by atoms with Gasteiger partial charge in [0.1, 0.15) is 0 Å². The van der Waals surface area contributed by atoms with Crippen molar-refractivity contribution in [1.82, 2.24) is 4.57 Å². The minimum absolute atomic E-state index is 0.0591. The largest absolute Gasteiger partial charge is 0.310 e. The molecule has 274 valence electrons. The van der Waals surface area contributed by atoms with Gasteiger partial charge < -0.3 is 9.47 Å². The zero-order chi connectivity index (χ0) is 38.6. The normalized spacial score (nSPS) is 13.8. The van der Waals surface area contributed by atoms with Crippen LogP contribution >= 0.6 is 0 Å². The molecular formula is C53H52N2. The van der Waals surface area contributed by atoms with E-state index < -0.39 is 0 Å². The van der Waals surface area contributed by atoms with Crippen LogP contribution in [0.2, 0.25) is 0 Å². The van der Waals surface area contributed by atoms with Gasteiger partial charge in [0.15, 0.2) is 0 Å². The zero-order valence-corrected chi connectivity index (χ0v) is 34.1. The van der Waals surface area contributed by atoms with Gasteiger partial charge in [-0.3, -0.25) is 0 Å². The first-order chi connectivity index (χ1) is 26.1. The molecule has 0 radical (unpaired) electrons. The summed E-state index contributed by atoms with van der Waals surface area (Å²) >= 11 is 0. The lowest BCUT2D eigenvalue weighted by Gasteiger charge is -2.30. The van der Waals surface area contributed by atoms with E-state index in [-0.39, 0.29) is 16.2 Å². The minimum atomic E-state index is -0.234. The van der Waals surface area contributed by atoms with E-state index in [0.29, 0.717) is 0 Å². The Morgan fingerprint density at radius 2 is 1.09 bits per heavy atom. The van der Waals surface area contributed by atoms with Crippen molar-refractivity contribution in [3.63, 3.8) is 0 Å². The molecule has 1 aromatic heterocycles. The molecule has 1 aliphatic rings. The van der Waals surface area contributed by atoms with E-state index in [1.165, 1.54) is 94.1 Å². The summed E-state index contributed by atoms with van der Waals surface area (Å²) in [7, 11) is 0. The number of nitrogens with zero attached hydrogens (tertiary/aromatic N) is 2. The van der Waals surface area contributed by atoms with Crippen molar-refractivity contribution in [2.75, 3.05) is 4.90 Å². The van der Waals surface area contributed by atoms with Crippen molar-refractivity contribution >= 4 is 49.6 Å². The van der Waals surface area contributed by atoms with Crippen LogP contribution in [0.15, 0.2) is 133 Å². The smallest absolute Gasteiger partial charge is 0.0543 e. The summed E-state index contributed by atoms with van der Waals surface area (Å²) in [5, 5.41) is 5.18. The summed E-state index contributed by atoms with van der Waals surface area (Å²) in [5.74, 6) is 0. The lowest BCUT2D eigenvalue weighted by molar-refractivity contribution is 0.590. The number of aryl methyl sites for hydroxylation is 2. The molecule has 0 amide bonds. The topological polar surface area (TPSA) is 8.17 Å². The minimum Gasteiger partial charge on any atom is -0.310 e. The van der Waals surface area contributed by atoms with Gasteiger partial charge in [0.05, 0.1) is 16.7 Å². The first-order valence-electron chi connectivity index (χ1n) is 19.9. The van der Waals surface area contributed by atoms with Gasteiger partial charge in [-0.1, -0.05) is 122 Å². The molecule has 0 N–H and O–H groups in total. The summed E-state index contributed by atoms with van der Waals surface area (Å²) in [6, 6.07) is 50.7. The molecule has 1 heterocycles. The summed E-state index contributed by atoms with van der Waals surface area (Å²) in [6.07, 6.45) is 0. The highest BCUT2D eigenvalue weighted by Crippen LogP contribution is 2.55. The average Bonchev–Trinajstić information content (AvgIpc) is 3.60. The van der Waals surface area contributed by atoms with E-state index in [1.807, 2.05) is 0 Å². The third kappa shape index (κ3) is 5.52. The number of fused-ring (bicyclic) bond motifs is 8. The van der Waals surface area contributed by atoms with Crippen LogP contribution < -0.4 is 4.90 Å². The van der Waals surface area contributed by atoms with Crippen molar-refractivity contribution in [2.24, 2.45) is 0 Å². The number of para-hydroxylation sites is 1. The molecule has 2 heteroatoms. The monoisotopic (exact) mass is 716 g/mol. The summed E-state index contributed by atoms with van der Waals surface area (Å²) in [5.41, 5.74) is 17.9. The Kier molecular flexibility index (Phi) is 7.79. The van der Waals surface area contributed by atoms with Crippen LogP contribution in [0.25, 0.3) is 49.4 Å². The fourth-order valence-electron chi connectivity index (χ4n) is 8.98. The van der Waals surface area contributed by atoms with Gasteiger partial charge in [-0.2, -0.15) is 0 Å². The van der Waals surface area contributed by atoms with E-state index in [2.05, 4.69) is 212 Å². The number of hydrogen-bond donors (Lipinski definition) is 0. The maximum absolute atomic E-state index is 2.50. The van der Waals surface area contributed by atoms with Gasteiger partial charge in [0, 0.05) is 38.6 Å². The second-order valence-electron chi connectivity index (χ2n) is 18.5.